The van der Waals surface area contributed by atoms with Crippen molar-refractivity contribution in [1.82, 2.24) is 19.5 Å². The van der Waals surface area contributed by atoms with Crippen molar-refractivity contribution in [3.8, 4) is 11.6 Å². The summed E-state index contributed by atoms with van der Waals surface area (Å²) in [4.78, 5) is 12.4. The van der Waals surface area contributed by atoms with Crippen molar-refractivity contribution < 1.29 is 37.6 Å². The molecule has 2 N–H and O–H groups in total. The van der Waals surface area contributed by atoms with Crippen LogP contribution in [0.2, 0.25) is 0 Å². The van der Waals surface area contributed by atoms with Crippen LogP contribution in [0.5, 0.6) is 11.6 Å². The number of ether oxygens (including phenoxy) is 3. The summed E-state index contributed by atoms with van der Waals surface area (Å²) < 4.78 is 53.2. The lowest BCUT2D eigenvalue weighted by Crippen LogP contribution is -2.30. The van der Waals surface area contributed by atoms with Crippen LogP contribution in [0.3, 0.4) is 0 Å². The van der Waals surface area contributed by atoms with Gasteiger partial charge in [-0.15, -0.1) is 13.2 Å². The molecule has 0 unspecified atom stereocenters. The standard InChI is InChI=1S/C18H17F3N4O5/c1-9-13(26)14(27)17(29-9)25-8-24-12-15(25)22-7-23-16(12)28-6-10-2-4-11(5-3-10)30-18(19,20)21/h2-5,7-9,13-14,17,26-27H,6H2,1H3/t9-,13-,14-,17-/m1/s1. The van der Waals surface area contributed by atoms with E-state index in [4.69, 9.17) is 9.47 Å². The van der Waals surface area contributed by atoms with Gasteiger partial charge in [-0.2, -0.15) is 4.98 Å². The fourth-order valence-electron chi connectivity index (χ4n) is 3.12. The molecule has 3 aromatic rings. The normalized spacial score (nSPS) is 24.3. The zero-order valence-corrected chi connectivity index (χ0v) is 15.5. The number of rotatable bonds is 5. The molecule has 0 saturated carbocycles. The highest BCUT2D eigenvalue weighted by atomic mass is 19.4. The smallest absolute Gasteiger partial charge is 0.471 e. The van der Waals surface area contributed by atoms with Gasteiger partial charge in [-0.25, -0.2) is 9.97 Å². The number of aliphatic hydroxyl groups is 2. The second-order valence-corrected chi connectivity index (χ2v) is 6.70. The average molecular weight is 426 g/mol. The average Bonchev–Trinajstić information content (AvgIpc) is 3.23. The van der Waals surface area contributed by atoms with Crippen molar-refractivity contribution in [3.05, 3.63) is 42.5 Å². The van der Waals surface area contributed by atoms with Gasteiger partial charge in [0, 0.05) is 0 Å². The molecule has 1 aliphatic rings. The van der Waals surface area contributed by atoms with Gasteiger partial charge in [0.1, 0.15) is 30.9 Å². The van der Waals surface area contributed by atoms with E-state index in [9.17, 15) is 23.4 Å². The minimum atomic E-state index is -4.76. The summed E-state index contributed by atoms with van der Waals surface area (Å²) in [5.41, 5.74) is 1.22. The Morgan fingerprint density at radius 1 is 1.10 bits per heavy atom. The summed E-state index contributed by atoms with van der Waals surface area (Å²) >= 11 is 0. The molecule has 2 aromatic heterocycles. The second-order valence-electron chi connectivity index (χ2n) is 6.70. The van der Waals surface area contributed by atoms with Crippen LogP contribution in [0.25, 0.3) is 11.2 Å². The van der Waals surface area contributed by atoms with Crippen LogP contribution in [-0.2, 0) is 11.3 Å². The molecule has 0 aliphatic carbocycles. The topological polar surface area (TPSA) is 112 Å². The molecule has 12 heteroatoms. The summed E-state index contributed by atoms with van der Waals surface area (Å²) in [6, 6.07) is 5.23. The molecule has 4 atom stereocenters. The first-order chi connectivity index (χ1) is 14.2. The molecule has 30 heavy (non-hydrogen) atoms. The van der Waals surface area contributed by atoms with E-state index in [1.807, 2.05) is 0 Å². The van der Waals surface area contributed by atoms with Crippen LogP contribution in [-0.4, -0.2) is 54.4 Å². The fourth-order valence-corrected chi connectivity index (χ4v) is 3.12. The van der Waals surface area contributed by atoms with Crippen LogP contribution >= 0.6 is 0 Å². The first-order valence-electron chi connectivity index (χ1n) is 8.89. The lowest BCUT2D eigenvalue weighted by Gasteiger charge is -2.16. The van der Waals surface area contributed by atoms with E-state index < -0.39 is 30.9 Å². The van der Waals surface area contributed by atoms with E-state index in [-0.39, 0.29) is 18.2 Å². The van der Waals surface area contributed by atoms with E-state index in [0.29, 0.717) is 16.7 Å². The van der Waals surface area contributed by atoms with Crippen LogP contribution in [0.4, 0.5) is 13.2 Å². The number of halogens is 3. The minimum absolute atomic E-state index is 0.0174. The Morgan fingerprint density at radius 3 is 2.47 bits per heavy atom. The highest BCUT2D eigenvalue weighted by molar-refractivity contribution is 5.76. The highest BCUT2D eigenvalue weighted by Crippen LogP contribution is 2.32. The van der Waals surface area contributed by atoms with E-state index in [0.717, 1.165) is 0 Å². The first kappa shape index (κ1) is 20.3. The summed E-state index contributed by atoms with van der Waals surface area (Å²) in [5.74, 6) is -0.184. The number of nitrogens with zero attached hydrogens (tertiary/aromatic N) is 4. The molecule has 9 nitrogen and oxygen atoms in total. The van der Waals surface area contributed by atoms with Gasteiger partial charge in [-0.3, -0.25) is 4.57 Å². The summed E-state index contributed by atoms with van der Waals surface area (Å²) in [6.07, 6.45) is -5.75. The van der Waals surface area contributed by atoms with Gasteiger partial charge in [0.15, 0.2) is 17.4 Å². The maximum absolute atomic E-state index is 12.2. The van der Waals surface area contributed by atoms with Crippen molar-refractivity contribution in [2.45, 2.75) is 44.4 Å². The number of alkyl halides is 3. The molecule has 0 radical (unpaired) electrons. The molecule has 0 amide bonds. The summed E-state index contributed by atoms with van der Waals surface area (Å²) in [6.45, 7) is 1.66. The summed E-state index contributed by atoms with van der Waals surface area (Å²) in [7, 11) is 0. The number of fused-ring (bicyclic) bond motifs is 1. The van der Waals surface area contributed by atoms with Gasteiger partial charge in [-0.05, 0) is 24.6 Å². The predicted molar refractivity (Wildman–Crippen MR) is 94.4 cm³/mol. The summed E-state index contributed by atoms with van der Waals surface area (Å²) in [5, 5.41) is 20.1. The number of imidazole rings is 1. The monoisotopic (exact) mass is 426 g/mol. The maximum atomic E-state index is 12.2. The van der Waals surface area contributed by atoms with Gasteiger partial charge in [0.2, 0.25) is 5.88 Å². The molecule has 1 aromatic carbocycles. The molecule has 0 spiro atoms. The van der Waals surface area contributed by atoms with Crippen molar-refractivity contribution >= 4 is 11.2 Å². The SMILES string of the molecule is C[C@H]1O[C@@H](n2cnc3c(OCc4ccc(OC(F)(F)F)cc4)ncnc32)[C@H](O)[C@@H]1O. The number of aliphatic hydroxyl groups excluding tert-OH is 2. The lowest BCUT2D eigenvalue weighted by atomic mass is 10.1. The molecule has 160 valence electrons. The van der Waals surface area contributed by atoms with Crippen molar-refractivity contribution in [1.29, 1.82) is 0 Å². The van der Waals surface area contributed by atoms with Crippen LogP contribution < -0.4 is 9.47 Å². The molecule has 1 aliphatic heterocycles. The second kappa shape index (κ2) is 7.70. The zero-order chi connectivity index (χ0) is 21.5. The highest BCUT2D eigenvalue weighted by Gasteiger charge is 2.42. The Labute approximate surface area is 167 Å². The van der Waals surface area contributed by atoms with Crippen molar-refractivity contribution in [2.24, 2.45) is 0 Å². The molecular weight excluding hydrogens is 409 g/mol. The molecule has 1 fully saturated rings. The Kier molecular flexibility index (Phi) is 5.22. The third-order valence-corrected chi connectivity index (χ3v) is 4.61. The largest absolute Gasteiger partial charge is 0.573 e. The van der Waals surface area contributed by atoms with Crippen LogP contribution in [0.15, 0.2) is 36.9 Å². The molecule has 4 rings (SSSR count). The van der Waals surface area contributed by atoms with Gasteiger partial charge in [0.25, 0.3) is 0 Å². The molecular formula is C18H17F3N4O5. The van der Waals surface area contributed by atoms with Crippen LogP contribution in [0.1, 0.15) is 18.7 Å². The molecule has 0 bridgehead atoms. The predicted octanol–water partition coefficient (Wildman–Crippen LogP) is 1.94. The van der Waals surface area contributed by atoms with E-state index in [1.54, 1.807) is 6.92 Å². The van der Waals surface area contributed by atoms with Gasteiger partial charge in [0.05, 0.1) is 12.4 Å². The van der Waals surface area contributed by atoms with Crippen LogP contribution in [0, 0.1) is 0 Å². The zero-order valence-electron chi connectivity index (χ0n) is 15.5. The third-order valence-electron chi connectivity index (χ3n) is 4.61. The van der Waals surface area contributed by atoms with Gasteiger partial charge < -0.3 is 24.4 Å². The van der Waals surface area contributed by atoms with E-state index in [1.165, 1.54) is 41.5 Å². The van der Waals surface area contributed by atoms with E-state index in [2.05, 4.69) is 19.7 Å². The maximum Gasteiger partial charge on any atom is 0.573 e. The fraction of sp³-hybridized carbons (Fsp3) is 0.389. The number of hydrogen-bond donors (Lipinski definition) is 2. The quantitative estimate of drug-likeness (QED) is 0.637. The Hall–Kier alpha value is -2.96. The lowest BCUT2D eigenvalue weighted by molar-refractivity contribution is -0.274. The number of hydrogen-bond acceptors (Lipinski definition) is 8. The molecule has 1 saturated heterocycles. The van der Waals surface area contributed by atoms with Gasteiger partial charge >= 0.3 is 6.36 Å². The third kappa shape index (κ3) is 4.01. The van der Waals surface area contributed by atoms with Gasteiger partial charge in [-0.1, -0.05) is 12.1 Å². The van der Waals surface area contributed by atoms with E-state index >= 15 is 0 Å². The first-order valence-corrected chi connectivity index (χ1v) is 8.89. The number of benzene rings is 1. The minimum Gasteiger partial charge on any atom is -0.471 e. The Bertz CT molecular complexity index is 1030. The van der Waals surface area contributed by atoms with Crippen molar-refractivity contribution in [3.63, 3.8) is 0 Å². The Morgan fingerprint density at radius 2 is 1.83 bits per heavy atom. The molecule has 3 heterocycles. The Balaban J connectivity index is 1.50. The van der Waals surface area contributed by atoms with Crippen molar-refractivity contribution in [2.75, 3.05) is 0 Å². The number of aromatic nitrogens is 4.